The summed E-state index contributed by atoms with van der Waals surface area (Å²) in [6, 6.07) is 3.95. The Morgan fingerprint density at radius 1 is 1.45 bits per heavy atom. The Morgan fingerprint density at radius 2 is 2.18 bits per heavy atom. The van der Waals surface area contributed by atoms with Crippen molar-refractivity contribution in [2.24, 2.45) is 0 Å². The number of nitrogens with zero attached hydrogens (tertiary/aromatic N) is 1. The molecule has 0 atom stereocenters. The molecular formula is C8H11NOS. The molecule has 0 spiro atoms. The summed E-state index contributed by atoms with van der Waals surface area (Å²) in [6.45, 7) is 2.03. The first-order valence-corrected chi connectivity index (χ1v) is 4.55. The molecule has 0 bridgehead atoms. The summed E-state index contributed by atoms with van der Waals surface area (Å²) < 4.78 is 5.01. The third-order valence-corrected chi connectivity index (χ3v) is 1.97. The highest BCUT2D eigenvalue weighted by atomic mass is 32.2. The SMILES string of the molecule is COc1cc(C)cc(SC)n1. The first kappa shape index (κ1) is 8.40. The van der Waals surface area contributed by atoms with Crippen LogP contribution in [0.1, 0.15) is 5.56 Å². The van der Waals surface area contributed by atoms with Crippen LogP contribution in [0.3, 0.4) is 0 Å². The van der Waals surface area contributed by atoms with Gasteiger partial charge in [-0.2, -0.15) is 0 Å². The molecule has 0 saturated heterocycles. The van der Waals surface area contributed by atoms with Gasteiger partial charge in [0.25, 0.3) is 0 Å². The Morgan fingerprint density at radius 3 is 2.73 bits per heavy atom. The van der Waals surface area contributed by atoms with Crippen molar-refractivity contribution in [3.63, 3.8) is 0 Å². The minimum absolute atomic E-state index is 0.689. The maximum absolute atomic E-state index is 5.01. The Bertz CT molecular complexity index is 228. The third kappa shape index (κ3) is 2.12. The summed E-state index contributed by atoms with van der Waals surface area (Å²) >= 11 is 1.62. The van der Waals surface area contributed by atoms with E-state index < -0.39 is 0 Å². The van der Waals surface area contributed by atoms with Crippen molar-refractivity contribution in [1.29, 1.82) is 0 Å². The van der Waals surface area contributed by atoms with Crippen LogP contribution in [-0.2, 0) is 0 Å². The molecule has 1 rings (SSSR count). The van der Waals surface area contributed by atoms with Crippen LogP contribution < -0.4 is 4.74 Å². The van der Waals surface area contributed by atoms with Gasteiger partial charge >= 0.3 is 0 Å². The molecule has 3 heteroatoms. The van der Waals surface area contributed by atoms with Gasteiger partial charge in [0.1, 0.15) is 5.03 Å². The Balaban J connectivity index is 3.02. The lowest BCUT2D eigenvalue weighted by molar-refractivity contribution is 0.394. The molecule has 0 amide bonds. The van der Waals surface area contributed by atoms with Gasteiger partial charge in [0.05, 0.1) is 7.11 Å². The maximum atomic E-state index is 5.01. The van der Waals surface area contributed by atoms with Gasteiger partial charge in [-0.05, 0) is 24.8 Å². The second-order valence-corrected chi connectivity index (χ2v) is 3.06. The van der Waals surface area contributed by atoms with E-state index in [-0.39, 0.29) is 0 Å². The lowest BCUT2D eigenvalue weighted by Crippen LogP contribution is -1.89. The maximum Gasteiger partial charge on any atom is 0.214 e. The number of hydrogen-bond acceptors (Lipinski definition) is 3. The highest BCUT2D eigenvalue weighted by molar-refractivity contribution is 7.98. The lowest BCUT2D eigenvalue weighted by Gasteiger charge is -2.02. The Labute approximate surface area is 71.0 Å². The number of pyridine rings is 1. The molecule has 0 unspecified atom stereocenters. The second kappa shape index (κ2) is 3.62. The van der Waals surface area contributed by atoms with Crippen molar-refractivity contribution in [2.75, 3.05) is 13.4 Å². The molecule has 0 N–H and O–H groups in total. The summed E-state index contributed by atoms with van der Waals surface area (Å²) in [5, 5.41) is 1.00. The summed E-state index contributed by atoms with van der Waals surface area (Å²) in [6.07, 6.45) is 2.00. The normalized spacial score (nSPS) is 9.73. The highest BCUT2D eigenvalue weighted by Gasteiger charge is 1.97. The van der Waals surface area contributed by atoms with E-state index in [1.54, 1.807) is 18.9 Å². The van der Waals surface area contributed by atoms with Crippen LogP contribution in [0.5, 0.6) is 5.88 Å². The van der Waals surface area contributed by atoms with Gasteiger partial charge in [0.15, 0.2) is 0 Å². The van der Waals surface area contributed by atoms with E-state index in [2.05, 4.69) is 4.98 Å². The fraction of sp³-hybridized carbons (Fsp3) is 0.375. The molecule has 60 valence electrons. The molecule has 2 nitrogen and oxygen atoms in total. The van der Waals surface area contributed by atoms with Crippen molar-refractivity contribution in [2.45, 2.75) is 11.9 Å². The molecule has 0 aliphatic rings. The lowest BCUT2D eigenvalue weighted by atomic mass is 10.3. The second-order valence-electron chi connectivity index (χ2n) is 2.23. The van der Waals surface area contributed by atoms with Crippen molar-refractivity contribution in [3.8, 4) is 5.88 Å². The van der Waals surface area contributed by atoms with Gasteiger partial charge in [-0.1, -0.05) is 0 Å². The van der Waals surface area contributed by atoms with Crippen LogP contribution in [0.2, 0.25) is 0 Å². The number of methoxy groups -OCH3 is 1. The van der Waals surface area contributed by atoms with Gasteiger partial charge in [-0.25, -0.2) is 4.98 Å². The Hall–Kier alpha value is -0.700. The monoisotopic (exact) mass is 169 g/mol. The summed E-state index contributed by atoms with van der Waals surface area (Å²) in [7, 11) is 1.63. The molecule has 0 radical (unpaired) electrons. The van der Waals surface area contributed by atoms with Crippen LogP contribution in [0.4, 0.5) is 0 Å². The molecule has 0 aliphatic carbocycles. The fourth-order valence-electron chi connectivity index (χ4n) is 0.813. The molecule has 0 aromatic carbocycles. The fourth-order valence-corrected chi connectivity index (χ4v) is 1.30. The predicted molar refractivity (Wildman–Crippen MR) is 47.3 cm³/mol. The summed E-state index contributed by atoms with van der Waals surface area (Å²) in [5.74, 6) is 0.689. The van der Waals surface area contributed by atoms with E-state index in [0.717, 1.165) is 5.03 Å². The molecule has 1 aromatic rings. The van der Waals surface area contributed by atoms with E-state index in [9.17, 15) is 0 Å². The zero-order valence-corrected chi connectivity index (χ0v) is 7.73. The molecular weight excluding hydrogens is 158 g/mol. The quantitative estimate of drug-likeness (QED) is 0.633. The number of ether oxygens (including phenoxy) is 1. The number of aryl methyl sites for hydroxylation is 1. The molecule has 0 aliphatic heterocycles. The van der Waals surface area contributed by atoms with Gasteiger partial charge < -0.3 is 4.74 Å². The smallest absolute Gasteiger partial charge is 0.214 e. The molecule has 11 heavy (non-hydrogen) atoms. The molecule has 1 aromatic heterocycles. The first-order valence-electron chi connectivity index (χ1n) is 3.33. The predicted octanol–water partition coefficient (Wildman–Crippen LogP) is 2.12. The molecule has 0 fully saturated rings. The van der Waals surface area contributed by atoms with Crippen LogP contribution in [0.15, 0.2) is 17.2 Å². The molecule has 0 saturated carbocycles. The van der Waals surface area contributed by atoms with E-state index in [0.29, 0.717) is 5.88 Å². The Kier molecular flexibility index (Phi) is 2.76. The van der Waals surface area contributed by atoms with Crippen molar-refractivity contribution in [1.82, 2.24) is 4.98 Å². The molecule has 1 heterocycles. The van der Waals surface area contributed by atoms with Crippen molar-refractivity contribution < 1.29 is 4.74 Å². The highest BCUT2D eigenvalue weighted by Crippen LogP contribution is 2.17. The summed E-state index contributed by atoms with van der Waals surface area (Å²) in [4.78, 5) is 4.21. The third-order valence-electron chi connectivity index (χ3n) is 1.34. The number of hydrogen-bond donors (Lipinski definition) is 0. The van der Waals surface area contributed by atoms with Gasteiger partial charge in [0, 0.05) is 6.07 Å². The van der Waals surface area contributed by atoms with Crippen LogP contribution >= 0.6 is 11.8 Å². The van der Waals surface area contributed by atoms with Crippen molar-refractivity contribution in [3.05, 3.63) is 17.7 Å². The first-order chi connectivity index (χ1) is 5.26. The van der Waals surface area contributed by atoms with Gasteiger partial charge in [-0.3, -0.25) is 0 Å². The minimum atomic E-state index is 0.689. The standard InChI is InChI=1S/C8H11NOS/c1-6-4-7(10-2)9-8(5-6)11-3/h4-5H,1-3H3. The van der Waals surface area contributed by atoms with Crippen LogP contribution in [0.25, 0.3) is 0 Å². The average Bonchev–Trinajstić information content (AvgIpc) is 2.03. The van der Waals surface area contributed by atoms with Gasteiger partial charge in [-0.15, -0.1) is 11.8 Å². The number of rotatable bonds is 2. The van der Waals surface area contributed by atoms with E-state index in [4.69, 9.17) is 4.74 Å². The van der Waals surface area contributed by atoms with Crippen LogP contribution in [-0.4, -0.2) is 18.3 Å². The number of aromatic nitrogens is 1. The zero-order valence-electron chi connectivity index (χ0n) is 6.92. The largest absolute Gasteiger partial charge is 0.481 e. The zero-order chi connectivity index (χ0) is 8.27. The van der Waals surface area contributed by atoms with E-state index in [1.165, 1.54) is 5.56 Å². The van der Waals surface area contributed by atoms with Crippen LogP contribution in [0, 0.1) is 6.92 Å². The van der Waals surface area contributed by atoms with Gasteiger partial charge in [0.2, 0.25) is 5.88 Å². The minimum Gasteiger partial charge on any atom is -0.481 e. The summed E-state index contributed by atoms with van der Waals surface area (Å²) in [5.41, 5.74) is 1.18. The topological polar surface area (TPSA) is 22.1 Å². The van der Waals surface area contributed by atoms with Crippen molar-refractivity contribution >= 4 is 11.8 Å². The number of thioether (sulfide) groups is 1. The van der Waals surface area contributed by atoms with E-state index >= 15 is 0 Å². The average molecular weight is 169 g/mol. The van der Waals surface area contributed by atoms with E-state index in [1.807, 2.05) is 25.3 Å².